The van der Waals surface area contributed by atoms with E-state index in [2.05, 4.69) is 5.32 Å². The number of carbonyl (C=O) groups is 2. The topological polar surface area (TPSA) is 49.4 Å². The van der Waals surface area contributed by atoms with Crippen LogP contribution in [-0.2, 0) is 29.0 Å². The Labute approximate surface area is 205 Å². The molecule has 6 heteroatoms. The minimum absolute atomic E-state index is 0.0759. The number of likely N-dealkylation sites (N-methyl/N-ethyl adjacent to an activating group) is 1. The summed E-state index contributed by atoms with van der Waals surface area (Å²) in [5.41, 5.74) is 3.72. The molecule has 3 aromatic carbocycles. The molecule has 3 aromatic rings. The van der Waals surface area contributed by atoms with Gasteiger partial charge in [0.25, 0.3) is 0 Å². The van der Waals surface area contributed by atoms with Crippen molar-refractivity contribution < 1.29 is 9.59 Å². The molecule has 1 atom stereocenters. The quantitative estimate of drug-likeness (QED) is 0.430. The third-order valence-electron chi connectivity index (χ3n) is 5.41. The summed E-state index contributed by atoms with van der Waals surface area (Å²) >= 11 is 12.4. The average Bonchev–Trinajstić information content (AvgIpc) is 2.79. The molecule has 0 heterocycles. The van der Waals surface area contributed by atoms with E-state index in [0.717, 1.165) is 16.7 Å². The van der Waals surface area contributed by atoms with Crippen LogP contribution in [-0.4, -0.2) is 29.3 Å². The maximum Gasteiger partial charge on any atom is 0.243 e. The third kappa shape index (κ3) is 7.08. The van der Waals surface area contributed by atoms with E-state index >= 15 is 0 Å². The maximum absolute atomic E-state index is 13.6. The normalized spacial score (nSPS) is 11.6. The lowest BCUT2D eigenvalue weighted by atomic mass is 10.0. The van der Waals surface area contributed by atoms with E-state index in [9.17, 15) is 9.59 Å². The fourth-order valence-corrected chi connectivity index (χ4v) is 4.26. The lowest BCUT2D eigenvalue weighted by Crippen LogP contribution is -2.51. The van der Waals surface area contributed by atoms with Gasteiger partial charge >= 0.3 is 0 Å². The van der Waals surface area contributed by atoms with Crippen molar-refractivity contribution in [3.63, 3.8) is 0 Å². The predicted molar refractivity (Wildman–Crippen MR) is 135 cm³/mol. The zero-order valence-corrected chi connectivity index (χ0v) is 20.4. The van der Waals surface area contributed by atoms with E-state index in [1.165, 1.54) is 0 Å². The standard InChI is InChI=1S/C27H28Cl2N2O2/c1-3-30-27(33)25(15-20-9-5-4-6-10-20)31(18-21-11-7-8-19(2)14-21)26(32)16-22-12-13-23(28)17-24(22)29/h4-14,17,25H,3,15-16,18H2,1-2H3,(H,30,33)/t25-/m1/s1. The third-order valence-corrected chi connectivity index (χ3v) is 6.00. The monoisotopic (exact) mass is 482 g/mol. The highest BCUT2D eigenvalue weighted by Crippen LogP contribution is 2.23. The number of carbonyl (C=O) groups excluding carboxylic acids is 2. The molecule has 33 heavy (non-hydrogen) atoms. The van der Waals surface area contributed by atoms with Crippen LogP contribution in [0.3, 0.4) is 0 Å². The van der Waals surface area contributed by atoms with Gasteiger partial charge in [-0.2, -0.15) is 0 Å². The molecule has 3 rings (SSSR count). The van der Waals surface area contributed by atoms with Gasteiger partial charge in [-0.15, -0.1) is 0 Å². The number of benzene rings is 3. The highest BCUT2D eigenvalue weighted by atomic mass is 35.5. The van der Waals surface area contributed by atoms with Crippen molar-refractivity contribution in [2.24, 2.45) is 0 Å². The largest absolute Gasteiger partial charge is 0.355 e. The van der Waals surface area contributed by atoms with Crippen LogP contribution in [0.5, 0.6) is 0 Å². The summed E-state index contributed by atoms with van der Waals surface area (Å²) in [7, 11) is 0. The molecular weight excluding hydrogens is 455 g/mol. The highest BCUT2D eigenvalue weighted by Gasteiger charge is 2.30. The first-order valence-electron chi connectivity index (χ1n) is 11.0. The van der Waals surface area contributed by atoms with E-state index in [1.807, 2.05) is 68.4 Å². The van der Waals surface area contributed by atoms with Gasteiger partial charge in [-0.3, -0.25) is 9.59 Å². The van der Waals surface area contributed by atoms with E-state index < -0.39 is 6.04 Å². The molecule has 0 aliphatic rings. The van der Waals surface area contributed by atoms with Crippen molar-refractivity contribution in [2.75, 3.05) is 6.54 Å². The summed E-state index contributed by atoms with van der Waals surface area (Å²) in [6, 6.07) is 22.2. The van der Waals surface area contributed by atoms with Crippen molar-refractivity contribution in [2.45, 2.75) is 39.3 Å². The molecular formula is C27H28Cl2N2O2. The van der Waals surface area contributed by atoms with Gasteiger partial charge in [0, 0.05) is 29.6 Å². The summed E-state index contributed by atoms with van der Waals surface area (Å²) in [6.45, 7) is 4.69. The van der Waals surface area contributed by atoms with Crippen LogP contribution in [0.1, 0.15) is 29.2 Å². The molecule has 0 bridgehead atoms. The zero-order valence-electron chi connectivity index (χ0n) is 18.9. The molecule has 0 saturated heterocycles. The lowest BCUT2D eigenvalue weighted by Gasteiger charge is -2.32. The Balaban J connectivity index is 1.97. The molecule has 0 unspecified atom stereocenters. The summed E-state index contributed by atoms with van der Waals surface area (Å²) in [6.07, 6.45) is 0.491. The molecule has 0 aliphatic heterocycles. The molecule has 172 valence electrons. The molecule has 2 amide bonds. The second kappa shape index (κ2) is 11.9. The van der Waals surface area contributed by atoms with Crippen LogP contribution in [0, 0.1) is 6.92 Å². The van der Waals surface area contributed by atoms with Crippen molar-refractivity contribution in [1.29, 1.82) is 0 Å². The van der Waals surface area contributed by atoms with Gasteiger partial charge in [0.15, 0.2) is 0 Å². The van der Waals surface area contributed by atoms with E-state index in [0.29, 0.717) is 35.1 Å². The fraction of sp³-hybridized carbons (Fsp3) is 0.259. The summed E-state index contributed by atoms with van der Waals surface area (Å²) < 4.78 is 0. The molecule has 0 saturated carbocycles. The Hall–Kier alpha value is -2.82. The molecule has 0 radical (unpaired) electrons. The molecule has 0 aromatic heterocycles. The predicted octanol–water partition coefficient (Wildman–Crippen LogP) is 5.62. The number of hydrogen-bond acceptors (Lipinski definition) is 2. The minimum Gasteiger partial charge on any atom is -0.355 e. The Kier molecular flexibility index (Phi) is 8.93. The Bertz CT molecular complexity index is 1100. The summed E-state index contributed by atoms with van der Waals surface area (Å²) in [5, 5.41) is 3.85. The SMILES string of the molecule is CCNC(=O)[C@@H](Cc1ccccc1)N(Cc1cccc(C)c1)C(=O)Cc1ccc(Cl)cc1Cl. The van der Waals surface area contributed by atoms with Gasteiger partial charge in [-0.1, -0.05) is 89.4 Å². The molecule has 4 nitrogen and oxygen atoms in total. The number of nitrogens with one attached hydrogen (secondary N) is 1. The first-order valence-corrected chi connectivity index (χ1v) is 11.7. The Morgan fingerprint density at radius 3 is 2.33 bits per heavy atom. The van der Waals surface area contributed by atoms with Crippen LogP contribution < -0.4 is 5.32 Å². The van der Waals surface area contributed by atoms with Crippen LogP contribution in [0.25, 0.3) is 0 Å². The first kappa shape index (κ1) is 24.8. The number of amides is 2. The van der Waals surface area contributed by atoms with Crippen LogP contribution in [0.15, 0.2) is 72.8 Å². The highest BCUT2D eigenvalue weighted by molar-refractivity contribution is 6.35. The number of aryl methyl sites for hydroxylation is 1. The molecule has 0 fully saturated rings. The number of halogens is 2. The molecule has 1 N–H and O–H groups in total. The first-order chi connectivity index (χ1) is 15.9. The second-order valence-corrected chi connectivity index (χ2v) is 8.87. The minimum atomic E-state index is -0.661. The number of nitrogens with zero attached hydrogens (tertiary/aromatic N) is 1. The number of hydrogen-bond donors (Lipinski definition) is 1. The zero-order chi connectivity index (χ0) is 23.8. The van der Waals surface area contributed by atoms with Gasteiger partial charge in [0.1, 0.15) is 6.04 Å². The fourth-order valence-electron chi connectivity index (χ4n) is 3.78. The van der Waals surface area contributed by atoms with E-state index in [-0.39, 0.29) is 18.2 Å². The average molecular weight is 483 g/mol. The summed E-state index contributed by atoms with van der Waals surface area (Å²) in [5.74, 6) is -0.350. The Morgan fingerprint density at radius 2 is 1.67 bits per heavy atom. The molecule has 0 aliphatic carbocycles. The second-order valence-electron chi connectivity index (χ2n) is 8.02. The van der Waals surface area contributed by atoms with Gasteiger partial charge in [0.05, 0.1) is 6.42 Å². The van der Waals surface area contributed by atoms with Crippen LogP contribution in [0.2, 0.25) is 10.0 Å². The molecule has 0 spiro atoms. The van der Waals surface area contributed by atoms with Crippen molar-refractivity contribution in [3.05, 3.63) is 105 Å². The maximum atomic E-state index is 13.6. The van der Waals surface area contributed by atoms with Crippen molar-refractivity contribution >= 4 is 35.0 Å². The summed E-state index contributed by atoms with van der Waals surface area (Å²) in [4.78, 5) is 28.5. The van der Waals surface area contributed by atoms with E-state index in [1.54, 1.807) is 23.1 Å². The van der Waals surface area contributed by atoms with E-state index in [4.69, 9.17) is 23.2 Å². The van der Waals surface area contributed by atoms with Crippen molar-refractivity contribution in [1.82, 2.24) is 10.2 Å². The Morgan fingerprint density at radius 1 is 0.939 bits per heavy atom. The van der Waals surface area contributed by atoms with Gasteiger partial charge in [0.2, 0.25) is 11.8 Å². The lowest BCUT2D eigenvalue weighted by molar-refractivity contribution is -0.140. The van der Waals surface area contributed by atoms with Crippen LogP contribution in [0.4, 0.5) is 0 Å². The van der Waals surface area contributed by atoms with Gasteiger partial charge < -0.3 is 10.2 Å². The van der Waals surface area contributed by atoms with Crippen molar-refractivity contribution in [3.8, 4) is 0 Å². The van der Waals surface area contributed by atoms with Gasteiger partial charge in [-0.05, 0) is 42.7 Å². The smallest absolute Gasteiger partial charge is 0.243 e. The van der Waals surface area contributed by atoms with Crippen LogP contribution >= 0.6 is 23.2 Å². The van der Waals surface area contributed by atoms with Gasteiger partial charge in [-0.25, -0.2) is 0 Å². The number of rotatable bonds is 9.